The highest BCUT2D eigenvalue weighted by Crippen LogP contribution is 2.21. The number of thiocarbonyl (C=S) groups is 1. The maximum absolute atomic E-state index is 12.2. The van der Waals surface area contributed by atoms with Gasteiger partial charge in [-0.3, -0.25) is 15.6 Å². The predicted octanol–water partition coefficient (Wildman–Crippen LogP) is 2.28. The van der Waals surface area contributed by atoms with Gasteiger partial charge in [-0.1, -0.05) is 30.3 Å². The van der Waals surface area contributed by atoms with Crippen LogP contribution in [0.1, 0.15) is 19.8 Å². The van der Waals surface area contributed by atoms with Gasteiger partial charge in [-0.05, 0) is 54.9 Å². The molecular weight excluding hydrogens is 350 g/mol. The number of carbonyl (C=O) groups excluding carboxylic acids is 1. The first-order valence-corrected chi connectivity index (χ1v) is 9.13. The summed E-state index contributed by atoms with van der Waals surface area (Å²) in [5, 5.41) is 5.57. The molecule has 3 N–H and O–H groups in total. The molecule has 26 heavy (non-hydrogen) atoms. The third-order valence-corrected chi connectivity index (χ3v) is 4.46. The molecule has 2 atom stereocenters. The zero-order valence-electron chi connectivity index (χ0n) is 14.7. The van der Waals surface area contributed by atoms with Crippen molar-refractivity contribution in [3.8, 4) is 5.75 Å². The fourth-order valence-corrected chi connectivity index (χ4v) is 2.91. The normalized spacial score (nSPS) is 17.5. The summed E-state index contributed by atoms with van der Waals surface area (Å²) in [7, 11) is 0. The number of rotatable bonds is 5. The molecule has 6 nitrogen and oxygen atoms in total. The molecule has 1 heterocycles. The minimum absolute atomic E-state index is 0.181. The fraction of sp³-hybridized carbons (Fsp3) is 0.368. The highest BCUT2D eigenvalue weighted by Gasteiger charge is 2.17. The molecule has 7 heteroatoms. The summed E-state index contributed by atoms with van der Waals surface area (Å²) in [6.45, 7) is 3.12. The number of hydrogen-bond acceptors (Lipinski definition) is 4. The third kappa shape index (κ3) is 5.06. The van der Waals surface area contributed by atoms with E-state index in [0.717, 1.165) is 30.2 Å². The van der Waals surface area contributed by atoms with Gasteiger partial charge in [0.1, 0.15) is 5.75 Å². The van der Waals surface area contributed by atoms with Crippen molar-refractivity contribution in [2.75, 3.05) is 13.2 Å². The second kappa shape index (κ2) is 8.82. The summed E-state index contributed by atoms with van der Waals surface area (Å²) in [6.07, 6.45) is 1.62. The van der Waals surface area contributed by atoms with Crippen molar-refractivity contribution in [3.63, 3.8) is 0 Å². The number of hydrogen-bond donors (Lipinski definition) is 3. The lowest BCUT2D eigenvalue weighted by molar-refractivity contribution is -0.127. The van der Waals surface area contributed by atoms with Crippen LogP contribution in [0.3, 0.4) is 0 Å². The van der Waals surface area contributed by atoms with E-state index < -0.39 is 6.10 Å². The Labute approximate surface area is 158 Å². The molecule has 1 aliphatic rings. The van der Waals surface area contributed by atoms with Gasteiger partial charge in [0.15, 0.2) is 11.2 Å². The lowest BCUT2D eigenvalue weighted by Gasteiger charge is -2.17. The summed E-state index contributed by atoms with van der Waals surface area (Å²) >= 11 is 5.14. The van der Waals surface area contributed by atoms with Crippen molar-refractivity contribution in [1.29, 1.82) is 0 Å². The van der Waals surface area contributed by atoms with E-state index in [4.69, 9.17) is 21.7 Å². The van der Waals surface area contributed by atoms with Crippen molar-refractivity contribution in [3.05, 3.63) is 42.5 Å². The maximum atomic E-state index is 12.2. The van der Waals surface area contributed by atoms with Crippen LogP contribution in [0.5, 0.6) is 5.75 Å². The number of hydrazine groups is 1. The quantitative estimate of drug-likeness (QED) is 0.552. The molecule has 1 fully saturated rings. The van der Waals surface area contributed by atoms with Gasteiger partial charge in [-0.2, -0.15) is 0 Å². The van der Waals surface area contributed by atoms with Crippen LogP contribution in [-0.2, 0) is 9.53 Å². The molecule has 0 aliphatic carbocycles. The van der Waals surface area contributed by atoms with Crippen molar-refractivity contribution >= 4 is 34.0 Å². The van der Waals surface area contributed by atoms with Gasteiger partial charge in [-0.25, -0.2) is 0 Å². The number of ether oxygens (including phenoxy) is 2. The van der Waals surface area contributed by atoms with E-state index in [2.05, 4.69) is 16.2 Å². The van der Waals surface area contributed by atoms with E-state index in [-0.39, 0.29) is 12.0 Å². The Morgan fingerprint density at radius 2 is 2.08 bits per heavy atom. The van der Waals surface area contributed by atoms with Crippen LogP contribution in [0.2, 0.25) is 0 Å². The molecule has 0 aromatic heterocycles. The molecule has 0 bridgehead atoms. The van der Waals surface area contributed by atoms with Crippen LogP contribution in [0.15, 0.2) is 42.5 Å². The molecule has 1 aliphatic heterocycles. The Bertz CT molecular complexity index is 777. The molecular formula is C19H23N3O3S. The molecule has 3 rings (SSSR count). The van der Waals surface area contributed by atoms with Crippen LogP contribution in [-0.4, -0.2) is 36.4 Å². The Morgan fingerprint density at radius 3 is 2.85 bits per heavy atom. The zero-order valence-corrected chi connectivity index (χ0v) is 15.5. The van der Waals surface area contributed by atoms with Crippen molar-refractivity contribution in [2.24, 2.45) is 0 Å². The Hall–Kier alpha value is -2.38. The maximum Gasteiger partial charge on any atom is 0.279 e. The highest BCUT2D eigenvalue weighted by molar-refractivity contribution is 7.80. The van der Waals surface area contributed by atoms with Crippen molar-refractivity contribution in [2.45, 2.75) is 32.0 Å². The van der Waals surface area contributed by atoms with E-state index in [9.17, 15) is 4.79 Å². The van der Waals surface area contributed by atoms with Gasteiger partial charge in [0.2, 0.25) is 0 Å². The fourth-order valence-electron chi connectivity index (χ4n) is 2.77. The second-order valence-electron chi connectivity index (χ2n) is 6.23. The molecule has 1 amide bonds. The number of benzene rings is 2. The minimum atomic E-state index is -0.662. The SMILES string of the molecule is C[C@H](Oc1ccc2ccccc2c1)C(=O)NNC(=S)NC[C@@H]1CCCO1. The van der Waals surface area contributed by atoms with Gasteiger partial charge in [-0.15, -0.1) is 0 Å². The van der Waals surface area contributed by atoms with Gasteiger partial charge < -0.3 is 14.8 Å². The molecule has 0 saturated carbocycles. The van der Waals surface area contributed by atoms with E-state index in [0.29, 0.717) is 17.4 Å². The Balaban J connectivity index is 1.43. The molecule has 0 unspecified atom stereocenters. The number of fused-ring (bicyclic) bond motifs is 1. The lowest BCUT2D eigenvalue weighted by atomic mass is 10.1. The van der Waals surface area contributed by atoms with Crippen LogP contribution < -0.4 is 20.9 Å². The van der Waals surface area contributed by atoms with E-state index in [1.807, 2.05) is 42.5 Å². The summed E-state index contributed by atoms with van der Waals surface area (Å²) in [6, 6.07) is 13.7. The molecule has 2 aromatic rings. The third-order valence-electron chi connectivity index (χ3n) is 4.22. The highest BCUT2D eigenvalue weighted by atomic mass is 32.1. The first-order chi connectivity index (χ1) is 12.6. The van der Waals surface area contributed by atoms with Gasteiger partial charge in [0.25, 0.3) is 5.91 Å². The summed E-state index contributed by atoms with van der Waals surface area (Å²) in [5.74, 6) is 0.338. The first-order valence-electron chi connectivity index (χ1n) is 8.72. The number of carbonyl (C=O) groups is 1. The predicted molar refractivity (Wildman–Crippen MR) is 105 cm³/mol. The summed E-state index contributed by atoms with van der Waals surface area (Å²) in [4.78, 5) is 12.2. The van der Waals surface area contributed by atoms with Crippen LogP contribution in [0, 0.1) is 0 Å². The van der Waals surface area contributed by atoms with Crippen LogP contribution in [0.25, 0.3) is 10.8 Å². The zero-order chi connectivity index (χ0) is 18.4. The topological polar surface area (TPSA) is 71.6 Å². The molecule has 138 valence electrons. The average molecular weight is 373 g/mol. The standard InChI is InChI=1S/C19H23N3O3S/c1-13(25-16-9-8-14-5-2-3-6-15(14)11-16)18(23)21-22-19(26)20-12-17-7-4-10-24-17/h2-3,5-6,8-9,11,13,17H,4,7,10,12H2,1H3,(H,21,23)(H2,20,22,26)/t13-,17-/m0/s1. The molecule has 0 spiro atoms. The first kappa shape index (κ1) is 18.4. The van der Waals surface area contributed by atoms with Crippen LogP contribution in [0.4, 0.5) is 0 Å². The molecule has 1 saturated heterocycles. The van der Waals surface area contributed by atoms with E-state index in [1.54, 1.807) is 6.92 Å². The molecule has 2 aromatic carbocycles. The largest absolute Gasteiger partial charge is 0.481 e. The summed E-state index contributed by atoms with van der Waals surface area (Å²) < 4.78 is 11.2. The lowest BCUT2D eigenvalue weighted by Crippen LogP contribution is -2.51. The summed E-state index contributed by atoms with van der Waals surface area (Å²) in [5.41, 5.74) is 5.24. The minimum Gasteiger partial charge on any atom is -0.481 e. The van der Waals surface area contributed by atoms with Gasteiger partial charge in [0.05, 0.1) is 6.10 Å². The Kier molecular flexibility index (Phi) is 6.25. The van der Waals surface area contributed by atoms with Crippen LogP contribution >= 0.6 is 12.2 Å². The van der Waals surface area contributed by atoms with E-state index in [1.165, 1.54) is 0 Å². The average Bonchev–Trinajstić information content (AvgIpc) is 3.18. The smallest absolute Gasteiger partial charge is 0.279 e. The van der Waals surface area contributed by atoms with Crippen molar-refractivity contribution < 1.29 is 14.3 Å². The Morgan fingerprint density at radius 1 is 1.27 bits per heavy atom. The van der Waals surface area contributed by atoms with E-state index >= 15 is 0 Å². The monoisotopic (exact) mass is 373 g/mol. The van der Waals surface area contributed by atoms with Gasteiger partial charge >= 0.3 is 0 Å². The van der Waals surface area contributed by atoms with Gasteiger partial charge in [0, 0.05) is 13.2 Å². The number of nitrogens with one attached hydrogen (secondary N) is 3. The number of amides is 1. The van der Waals surface area contributed by atoms with Crippen molar-refractivity contribution in [1.82, 2.24) is 16.2 Å². The molecule has 0 radical (unpaired) electrons. The second-order valence-corrected chi connectivity index (χ2v) is 6.64.